The highest BCUT2D eigenvalue weighted by Crippen LogP contribution is 2.16. The van der Waals surface area contributed by atoms with Crippen LogP contribution in [0.5, 0.6) is 0 Å². The highest BCUT2D eigenvalue weighted by Gasteiger charge is 2.16. The second-order valence-corrected chi connectivity index (χ2v) is 5.69. The van der Waals surface area contributed by atoms with E-state index < -0.39 is 0 Å². The zero-order valence-electron chi connectivity index (χ0n) is 12.8. The molecule has 0 atom stereocenters. The quantitative estimate of drug-likeness (QED) is 0.846. The maximum absolute atomic E-state index is 3.09. The first-order valence-electron chi connectivity index (χ1n) is 7.86. The monoisotopic (exact) mass is 279 g/mol. The third kappa shape index (κ3) is 3.64. The molecule has 2 heteroatoms. The Morgan fingerprint density at radius 3 is 2.10 bits per heavy atom. The van der Waals surface area contributed by atoms with Crippen LogP contribution in [0.3, 0.4) is 0 Å². The number of rotatable bonds is 4. The van der Waals surface area contributed by atoms with Crippen molar-refractivity contribution in [3.05, 3.63) is 65.7 Å². The number of hydrogen-bond donors (Lipinski definition) is 0. The summed E-state index contributed by atoms with van der Waals surface area (Å²) in [7, 11) is 0. The van der Waals surface area contributed by atoms with Gasteiger partial charge in [0, 0.05) is 38.4 Å². The van der Waals surface area contributed by atoms with E-state index in [1.807, 2.05) is 12.1 Å². The van der Waals surface area contributed by atoms with Crippen molar-refractivity contribution in [1.82, 2.24) is 4.90 Å². The molecule has 0 amide bonds. The molecule has 109 valence electrons. The van der Waals surface area contributed by atoms with E-state index >= 15 is 0 Å². The van der Waals surface area contributed by atoms with Crippen LogP contribution in [0.1, 0.15) is 18.1 Å². The number of anilines is 1. The molecular weight excluding hydrogens is 256 g/mol. The van der Waals surface area contributed by atoms with E-state index in [1.165, 1.54) is 16.8 Å². The van der Waals surface area contributed by atoms with Gasteiger partial charge in [-0.25, -0.2) is 0 Å². The molecule has 2 aromatic rings. The van der Waals surface area contributed by atoms with Crippen molar-refractivity contribution in [2.24, 2.45) is 0 Å². The lowest BCUT2D eigenvalue weighted by atomic mass is 10.1. The minimum absolute atomic E-state index is 1.07. The largest absolute Gasteiger partial charge is 0.369 e. The molecule has 0 saturated carbocycles. The Bertz CT molecular complexity index is 540. The van der Waals surface area contributed by atoms with E-state index in [9.17, 15) is 0 Å². The molecule has 1 fully saturated rings. The Morgan fingerprint density at radius 1 is 0.857 bits per heavy atom. The van der Waals surface area contributed by atoms with Crippen LogP contribution in [0.2, 0.25) is 0 Å². The van der Waals surface area contributed by atoms with Gasteiger partial charge in [0.15, 0.2) is 0 Å². The molecule has 1 aliphatic heterocycles. The topological polar surface area (TPSA) is 6.48 Å². The maximum Gasteiger partial charge on any atom is 0.0367 e. The normalized spacial score (nSPS) is 16.1. The summed E-state index contributed by atoms with van der Waals surface area (Å²) >= 11 is 0. The summed E-state index contributed by atoms with van der Waals surface area (Å²) in [5.74, 6) is 0. The summed E-state index contributed by atoms with van der Waals surface area (Å²) in [6.07, 6.45) is 1.12. The van der Waals surface area contributed by atoms with Gasteiger partial charge in [0.1, 0.15) is 0 Å². The second kappa shape index (κ2) is 6.77. The summed E-state index contributed by atoms with van der Waals surface area (Å²) in [6.45, 7) is 7.76. The van der Waals surface area contributed by atoms with Gasteiger partial charge in [0.2, 0.25) is 0 Å². The fourth-order valence-corrected chi connectivity index (χ4v) is 2.89. The molecule has 0 unspecified atom stereocenters. The molecule has 3 rings (SSSR count). The van der Waals surface area contributed by atoms with Gasteiger partial charge in [-0.2, -0.15) is 0 Å². The highest BCUT2D eigenvalue weighted by molar-refractivity contribution is 5.46. The number of nitrogens with zero attached hydrogens (tertiary/aromatic N) is 2. The van der Waals surface area contributed by atoms with Gasteiger partial charge in [0.25, 0.3) is 0 Å². The van der Waals surface area contributed by atoms with E-state index in [2.05, 4.69) is 59.2 Å². The van der Waals surface area contributed by atoms with Gasteiger partial charge in [-0.05, 0) is 35.7 Å². The van der Waals surface area contributed by atoms with Crippen LogP contribution in [0.4, 0.5) is 5.69 Å². The Hall–Kier alpha value is -1.80. The summed E-state index contributed by atoms with van der Waals surface area (Å²) in [4.78, 5) is 5.01. The third-order valence-electron chi connectivity index (χ3n) is 4.28. The van der Waals surface area contributed by atoms with Crippen molar-refractivity contribution in [3.8, 4) is 0 Å². The van der Waals surface area contributed by atoms with Crippen molar-refractivity contribution < 1.29 is 0 Å². The van der Waals surface area contributed by atoms with Gasteiger partial charge in [0.05, 0.1) is 0 Å². The minimum atomic E-state index is 1.07. The molecule has 1 aliphatic rings. The first-order valence-corrected chi connectivity index (χ1v) is 7.86. The summed E-state index contributed by atoms with van der Waals surface area (Å²) in [6, 6.07) is 20.4. The molecule has 1 heterocycles. The van der Waals surface area contributed by atoms with Crippen LogP contribution in [0.15, 0.2) is 48.5 Å². The first kappa shape index (κ1) is 14.2. The average Bonchev–Trinajstić information content (AvgIpc) is 2.57. The van der Waals surface area contributed by atoms with E-state index in [1.54, 1.807) is 0 Å². The van der Waals surface area contributed by atoms with Crippen molar-refractivity contribution in [2.45, 2.75) is 19.9 Å². The van der Waals surface area contributed by atoms with Gasteiger partial charge >= 0.3 is 0 Å². The maximum atomic E-state index is 3.09. The predicted octanol–water partition coefficient (Wildman–Crippen LogP) is 3.37. The zero-order valence-corrected chi connectivity index (χ0v) is 12.8. The molecule has 1 radical (unpaired) electrons. The van der Waals surface area contributed by atoms with Crippen LogP contribution in [0.25, 0.3) is 0 Å². The van der Waals surface area contributed by atoms with E-state index in [-0.39, 0.29) is 0 Å². The number of aryl methyl sites for hydroxylation is 1. The Kier molecular flexibility index (Phi) is 4.56. The predicted molar refractivity (Wildman–Crippen MR) is 88.6 cm³/mol. The zero-order chi connectivity index (χ0) is 14.5. The molecule has 0 aromatic heterocycles. The molecule has 0 aliphatic carbocycles. The van der Waals surface area contributed by atoms with Gasteiger partial charge in [-0.15, -0.1) is 0 Å². The Morgan fingerprint density at radius 2 is 1.48 bits per heavy atom. The molecule has 1 saturated heterocycles. The highest BCUT2D eigenvalue weighted by atomic mass is 15.3. The van der Waals surface area contributed by atoms with Crippen LogP contribution in [0, 0.1) is 6.07 Å². The SMILES string of the molecule is CCc1ccc(CN2CCN(c3cc[c]cc3)CC2)cc1. The average molecular weight is 279 g/mol. The van der Waals surface area contributed by atoms with Crippen LogP contribution < -0.4 is 4.90 Å². The van der Waals surface area contributed by atoms with Crippen LogP contribution in [-0.2, 0) is 13.0 Å². The number of benzene rings is 2. The van der Waals surface area contributed by atoms with Crippen molar-refractivity contribution in [2.75, 3.05) is 31.1 Å². The molecule has 2 nitrogen and oxygen atoms in total. The lowest BCUT2D eigenvalue weighted by molar-refractivity contribution is 0.250. The smallest absolute Gasteiger partial charge is 0.0367 e. The third-order valence-corrected chi connectivity index (χ3v) is 4.28. The molecule has 0 N–H and O–H groups in total. The lowest BCUT2D eigenvalue weighted by Gasteiger charge is -2.36. The fraction of sp³-hybridized carbons (Fsp3) is 0.368. The van der Waals surface area contributed by atoms with Gasteiger partial charge in [-0.1, -0.05) is 43.3 Å². The van der Waals surface area contributed by atoms with Crippen molar-refractivity contribution in [3.63, 3.8) is 0 Å². The first-order chi connectivity index (χ1) is 10.3. The molecule has 2 aromatic carbocycles. The van der Waals surface area contributed by atoms with E-state index in [0.29, 0.717) is 0 Å². The summed E-state index contributed by atoms with van der Waals surface area (Å²) in [5, 5.41) is 0. The number of piperazine rings is 1. The molecular formula is C19H23N2. The molecule has 0 bridgehead atoms. The summed E-state index contributed by atoms with van der Waals surface area (Å²) in [5.41, 5.74) is 4.17. The standard InChI is InChI=1S/C19H23N2/c1-2-17-8-10-18(11-9-17)16-20-12-14-21(15-13-20)19-6-4-3-5-7-19/h4-11H,2,12-16H2,1H3. The fourth-order valence-electron chi connectivity index (χ4n) is 2.89. The molecule has 21 heavy (non-hydrogen) atoms. The van der Waals surface area contributed by atoms with Crippen molar-refractivity contribution >= 4 is 5.69 Å². The Labute approximate surface area is 128 Å². The van der Waals surface area contributed by atoms with E-state index in [0.717, 1.165) is 39.1 Å². The van der Waals surface area contributed by atoms with E-state index in [4.69, 9.17) is 0 Å². The Balaban J connectivity index is 1.53. The molecule has 0 spiro atoms. The second-order valence-electron chi connectivity index (χ2n) is 5.69. The van der Waals surface area contributed by atoms with Gasteiger partial charge in [-0.3, -0.25) is 4.90 Å². The van der Waals surface area contributed by atoms with Gasteiger partial charge < -0.3 is 4.90 Å². The van der Waals surface area contributed by atoms with Crippen LogP contribution >= 0.6 is 0 Å². The number of hydrogen-bond acceptors (Lipinski definition) is 2. The summed E-state index contributed by atoms with van der Waals surface area (Å²) < 4.78 is 0. The van der Waals surface area contributed by atoms with Crippen LogP contribution in [-0.4, -0.2) is 31.1 Å². The minimum Gasteiger partial charge on any atom is -0.369 e. The lowest BCUT2D eigenvalue weighted by Crippen LogP contribution is -2.45. The van der Waals surface area contributed by atoms with Crippen molar-refractivity contribution in [1.29, 1.82) is 0 Å².